The Morgan fingerprint density at radius 1 is 1.25 bits per heavy atom. The van der Waals surface area contributed by atoms with Crippen molar-refractivity contribution < 1.29 is 17.7 Å². The van der Waals surface area contributed by atoms with Crippen molar-refractivity contribution in [3.8, 4) is 0 Å². The topological polar surface area (TPSA) is 70.8 Å². The van der Waals surface area contributed by atoms with Gasteiger partial charge in [-0.3, -0.25) is 10.00 Å². The molecule has 1 N–H and O–H groups in total. The molecule has 0 amide bonds. The van der Waals surface area contributed by atoms with E-state index in [4.69, 9.17) is 4.52 Å². The van der Waals surface area contributed by atoms with Crippen LogP contribution < -0.4 is 0 Å². The number of alkyl halides is 3. The van der Waals surface area contributed by atoms with Crippen LogP contribution in [0.25, 0.3) is 0 Å². The molecule has 2 aromatic rings. The summed E-state index contributed by atoms with van der Waals surface area (Å²) >= 11 is 0. The summed E-state index contributed by atoms with van der Waals surface area (Å²) in [6.45, 7) is 2.10. The lowest BCUT2D eigenvalue weighted by atomic mass is 9.94. The van der Waals surface area contributed by atoms with Crippen molar-refractivity contribution >= 4 is 0 Å². The highest BCUT2D eigenvalue weighted by Crippen LogP contribution is 2.39. The van der Waals surface area contributed by atoms with Crippen molar-refractivity contribution in [1.82, 2.24) is 25.2 Å². The van der Waals surface area contributed by atoms with Crippen LogP contribution in [0.15, 0.2) is 10.6 Å². The highest BCUT2D eigenvalue weighted by atomic mass is 19.4. The van der Waals surface area contributed by atoms with Crippen molar-refractivity contribution in [3.05, 3.63) is 29.2 Å². The van der Waals surface area contributed by atoms with Crippen molar-refractivity contribution in [3.63, 3.8) is 0 Å². The van der Waals surface area contributed by atoms with Crippen LogP contribution >= 0.6 is 0 Å². The zero-order chi connectivity index (χ0) is 16.7. The largest absolute Gasteiger partial charge is 0.435 e. The lowest BCUT2D eigenvalue weighted by Gasteiger charge is -2.31. The van der Waals surface area contributed by atoms with E-state index >= 15 is 0 Å². The van der Waals surface area contributed by atoms with Gasteiger partial charge >= 0.3 is 6.18 Å². The molecule has 3 heterocycles. The van der Waals surface area contributed by atoms with Gasteiger partial charge in [0.05, 0.1) is 6.54 Å². The Morgan fingerprint density at radius 2 is 2.08 bits per heavy atom. The van der Waals surface area contributed by atoms with E-state index < -0.39 is 11.9 Å². The van der Waals surface area contributed by atoms with Crippen LogP contribution in [0.1, 0.15) is 60.6 Å². The van der Waals surface area contributed by atoms with Gasteiger partial charge in [-0.25, -0.2) is 0 Å². The highest BCUT2D eigenvalue weighted by molar-refractivity contribution is 5.16. The fraction of sp³-hybridized carbons (Fsp3) is 0.667. The summed E-state index contributed by atoms with van der Waals surface area (Å²) in [5.74, 6) is 1.79. The standard InChI is InChI=1S/C15H18F3N5O/c16-15(17,18)12-6-11(20-21-12)10-2-1-5-23(7-10)8-13-19-14(24-22-13)9-3-4-9/h6,9-10H,1-5,7-8H2,(H,20,21)/t10-/m0/s1. The van der Waals surface area contributed by atoms with Crippen LogP contribution in [-0.4, -0.2) is 38.3 Å². The van der Waals surface area contributed by atoms with Crippen LogP contribution in [0.4, 0.5) is 13.2 Å². The van der Waals surface area contributed by atoms with Crippen molar-refractivity contribution in [1.29, 1.82) is 0 Å². The second-order valence-electron chi connectivity index (χ2n) is 6.60. The van der Waals surface area contributed by atoms with Crippen LogP contribution in [0.2, 0.25) is 0 Å². The third-order valence-corrected chi connectivity index (χ3v) is 4.61. The minimum atomic E-state index is -4.41. The minimum Gasteiger partial charge on any atom is -0.339 e. The number of aromatic nitrogens is 4. The lowest BCUT2D eigenvalue weighted by molar-refractivity contribution is -0.141. The molecule has 2 aromatic heterocycles. The predicted molar refractivity (Wildman–Crippen MR) is 77.1 cm³/mol. The highest BCUT2D eigenvalue weighted by Gasteiger charge is 2.35. The summed E-state index contributed by atoms with van der Waals surface area (Å²) in [5.41, 5.74) is -0.319. The van der Waals surface area contributed by atoms with Crippen LogP contribution in [0.3, 0.4) is 0 Å². The average Bonchev–Trinajstić information content (AvgIpc) is 3.08. The molecule has 9 heteroatoms. The van der Waals surface area contributed by atoms with Gasteiger partial charge in [-0.05, 0) is 38.3 Å². The number of nitrogens with one attached hydrogen (secondary N) is 1. The first kappa shape index (κ1) is 15.6. The molecule has 4 rings (SSSR count). The fourth-order valence-electron chi connectivity index (χ4n) is 3.17. The van der Waals surface area contributed by atoms with Gasteiger partial charge in [-0.2, -0.15) is 23.3 Å². The Labute approximate surface area is 136 Å². The predicted octanol–water partition coefficient (Wildman–Crippen LogP) is 3.07. The molecule has 1 atom stereocenters. The van der Waals surface area contributed by atoms with E-state index in [0.717, 1.165) is 38.3 Å². The summed E-state index contributed by atoms with van der Waals surface area (Å²) in [4.78, 5) is 6.57. The van der Waals surface area contributed by atoms with Crippen molar-refractivity contribution in [2.24, 2.45) is 0 Å². The van der Waals surface area contributed by atoms with E-state index in [1.165, 1.54) is 0 Å². The van der Waals surface area contributed by atoms with E-state index in [-0.39, 0.29) is 5.92 Å². The SMILES string of the molecule is FC(F)(F)c1cc([C@H]2CCCN(Cc3noc(C4CC4)n3)C2)[nH]n1. The van der Waals surface area contributed by atoms with E-state index in [0.29, 0.717) is 36.4 Å². The van der Waals surface area contributed by atoms with Crippen LogP contribution in [0, 0.1) is 0 Å². The summed E-state index contributed by atoms with van der Waals surface area (Å²) in [5, 5.41) is 9.95. The number of aromatic amines is 1. The van der Waals surface area contributed by atoms with Crippen LogP contribution in [0.5, 0.6) is 0 Å². The molecule has 0 radical (unpaired) electrons. The molecule has 130 valence electrons. The minimum absolute atomic E-state index is 0.0113. The number of piperidine rings is 1. The van der Waals surface area contributed by atoms with E-state index in [1.54, 1.807) is 0 Å². The molecule has 0 aromatic carbocycles. The van der Waals surface area contributed by atoms with E-state index in [9.17, 15) is 13.2 Å². The molecule has 24 heavy (non-hydrogen) atoms. The first-order valence-corrected chi connectivity index (χ1v) is 8.16. The Kier molecular flexibility index (Phi) is 3.82. The molecule has 0 unspecified atom stereocenters. The van der Waals surface area contributed by atoms with Gasteiger partial charge in [0.15, 0.2) is 11.5 Å². The second kappa shape index (κ2) is 5.87. The summed E-state index contributed by atoms with van der Waals surface area (Å²) in [7, 11) is 0. The van der Waals surface area contributed by atoms with Gasteiger partial charge in [-0.15, -0.1) is 0 Å². The molecule has 1 aliphatic heterocycles. The average molecular weight is 341 g/mol. The third-order valence-electron chi connectivity index (χ3n) is 4.61. The third kappa shape index (κ3) is 3.31. The first-order valence-electron chi connectivity index (χ1n) is 8.16. The Bertz CT molecular complexity index is 706. The maximum absolute atomic E-state index is 12.7. The zero-order valence-electron chi connectivity index (χ0n) is 13.0. The quantitative estimate of drug-likeness (QED) is 0.925. The van der Waals surface area contributed by atoms with E-state index in [1.807, 2.05) is 0 Å². The van der Waals surface area contributed by atoms with Gasteiger partial charge in [0.1, 0.15) is 0 Å². The van der Waals surface area contributed by atoms with Gasteiger partial charge in [0.25, 0.3) is 0 Å². The zero-order valence-corrected chi connectivity index (χ0v) is 13.0. The number of rotatable bonds is 4. The number of H-pyrrole nitrogens is 1. The smallest absolute Gasteiger partial charge is 0.339 e. The lowest BCUT2D eigenvalue weighted by Crippen LogP contribution is -2.34. The Balaban J connectivity index is 1.40. The van der Waals surface area contributed by atoms with Crippen molar-refractivity contribution in [2.75, 3.05) is 13.1 Å². The number of nitrogens with zero attached hydrogens (tertiary/aromatic N) is 4. The molecular formula is C15H18F3N5O. The molecule has 1 saturated heterocycles. The molecule has 0 bridgehead atoms. The Morgan fingerprint density at radius 3 is 2.79 bits per heavy atom. The summed E-state index contributed by atoms with van der Waals surface area (Å²) < 4.78 is 43.3. The molecule has 2 fully saturated rings. The molecular weight excluding hydrogens is 323 g/mol. The normalized spacial score (nSPS) is 22.9. The number of hydrogen-bond acceptors (Lipinski definition) is 5. The van der Waals surface area contributed by atoms with Crippen LogP contribution in [-0.2, 0) is 12.7 Å². The van der Waals surface area contributed by atoms with Gasteiger partial charge < -0.3 is 4.52 Å². The van der Waals surface area contributed by atoms with Crippen molar-refractivity contribution in [2.45, 2.75) is 50.2 Å². The maximum atomic E-state index is 12.7. The molecule has 6 nitrogen and oxygen atoms in total. The summed E-state index contributed by atoms with van der Waals surface area (Å²) in [6.07, 6.45) is -0.440. The van der Waals surface area contributed by atoms with Gasteiger partial charge in [0.2, 0.25) is 5.89 Å². The van der Waals surface area contributed by atoms with Gasteiger partial charge in [-0.1, -0.05) is 5.16 Å². The fourth-order valence-corrected chi connectivity index (χ4v) is 3.17. The summed E-state index contributed by atoms with van der Waals surface area (Å²) in [6, 6.07) is 1.12. The molecule has 1 saturated carbocycles. The van der Waals surface area contributed by atoms with E-state index in [2.05, 4.69) is 25.2 Å². The monoisotopic (exact) mass is 341 g/mol. The maximum Gasteiger partial charge on any atom is 0.435 e. The number of likely N-dealkylation sites (tertiary alicyclic amines) is 1. The Hall–Kier alpha value is -1.90. The molecule has 1 aliphatic carbocycles. The number of hydrogen-bond donors (Lipinski definition) is 1. The number of halogens is 3. The molecule has 2 aliphatic rings. The van der Waals surface area contributed by atoms with Gasteiger partial charge in [0, 0.05) is 24.1 Å². The molecule has 0 spiro atoms. The second-order valence-corrected chi connectivity index (χ2v) is 6.60. The first-order chi connectivity index (χ1) is 11.5.